The summed E-state index contributed by atoms with van der Waals surface area (Å²) in [5, 5.41) is 27.5. The van der Waals surface area contributed by atoms with E-state index in [9.17, 15) is 10.2 Å². The van der Waals surface area contributed by atoms with Gasteiger partial charge in [0.1, 0.15) is 12.4 Å². The van der Waals surface area contributed by atoms with Crippen LogP contribution in [0.1, 0.15) is 25.0 Å². The predicted octanol–water partition coefficient (Wildman–Crippen LogP) is 0.938. The molecule has 0 aliphatic carbocycles. The van der Waals surface area contributed by atoms with Crippen LogP contribution >= 0.6 is 0 Å². The van der Waals surface area contributed by atoms with Gasteiger partial charge in [0, 0.05) is 6.61 Å². The molecule has 0 bridgehead atoms. The Balaban J connectivity index is 2.49. The average Bonchev–Trinajstić information content (AvgIpc) is 2.53. The van der Waals surface area contributed by atoms with Gasteiger partial charge in [0.25, 0.3) is 0 Å². The first-order valence-electron chi connectivity index (χ1n) is 8.40. The van der Waals surface area contributed by atoms with Gasteiger partial charge in [-0.05, 0) is 49.9 Å². The molecule has 138 valence electrons. The Bertz CT molecular complexity index is 447. The van der Waals surface area contributed by atoms with Gasteiger partial charge in [0.05, 0.1) is 38.6 Å². The molecule has 0 heterocycles. The molecule has 0 amide bonds. The summed E-state index contributed by atoms with van der Waals surface area (Å²) in [5.41, 5.74) is 2.13. The molecule has 1 rings (SSSR count). The summed E-state index contributed by atoms with van der Waals surface area (Å²) in [6, 6.07) is 5.78. The monoisotopic (exact) mass is 342 g/mol. The van der Waals surface area contributed by atoms with Gasteiger partial charge in [0.2, 0.25) is 0 Å². The Morgan fingerprint density at radius 1 is 0.875 bits per heavy atom. The van der Waals surface area contributed by atoms with Gasteiger partial charge < -0.3 is 29.5 Å². The molecule has 6 nitrogen and oxygen atoms in total. The van der Waals surface area contributed by atoms with Crippen LogP contribution in [0, 0.1) is 0 Å². The molecule has 0 spiro atoms. The topological polar surface area (TPSA) is 88.4 Å². The van der Waals surface area contributed by atoms with Crippen LogP contribution in [0.4, 0.5) is 0 Å². The van der Waals surface area contributed by atoms with Crippen molar-refractivity contribution >= 4 is 0 Å². The van der Waals surface area contributed by atoms with E-state index in [-0.39, 0.29) is 6.61 Å². The second kappa shape index (κ2) is 12.2. The van der Waals surface area contributed by atoms with E-state index in [1.807, 2.05) is 18.2 Å². The third-order valence-electron chi connectivity index (χ3n) is 3.29. The zero-order valence-corrected chi connectivity index (χ0v) is 14.6. The van der Waals surface area contributed by atoms with Gasteiger partial charge in [-0.3, -0.25) is 0 Å². The lowest BCUT2D eigenvalue weighted by molar-refractivity contribution is 0.0328. The van der Waals surface area contributed by atoms with Crippen molar-refractivity contribution in [3.63, 3.8) is 0 Å². The van der Waals surface area contributed by atoms with Gasteiger partial charge in [0.15, 0.2) is 0 Å². The Hall–Kier alpha value is -1.18. The summed E-state index contributed by atoms with van der Waals surface area (Å²) in [6.45, 7) is 5.38. The summed E-state index contributed by atoms with van der Waals surface area (Å²) in [7, 11) is 0. The third-order valence-corrected chi connectivity index (χ3v) is 3.29. The molecular formula is C18H30O6. The zero-order valence-electron chi connectivity index (χ0n) is 14.6. The Labute approximate surface area is 144 Å². The van der Waals surface area contributed by atoms with Crippen LogP contribution in [0.15, 0.2) is 18.2 Å². The van der Waals surface area contributed by atoms with Crippen LogP contribution in [0.5, 0.6) is 5.75 Å². The summed E-state index contributed by atoms with van der Waals surface area (Å²) >= 11 is 0. The Morgan fingerprint density at radius 3 is 2.17 bits per heavy atom. The highest BCUT2D eigenvalue weighted by molar-refractivity contribution is 5.36. The van der Waals surface area contributed by atoms with Crippen molar-refractivity contribution in [2.75, 3.05) is 39.6 Å². The van der Waals surface area contributed by atoms with E-state index in [1.54, 1.807) is 13.8 Å². The first-order valence-corrected chi connectivity index (χ1v) is 8.40. The maximum Gasteiger partial charge on any atom is 0.119 e. The van der Waals surface area contributed by atoms with Crippen LogP contribution in [0.2, 0.25) is 0 Å². The van der Waals surface area contributed by atoms with Crippen LogP contribution in [-0.2, 0) is 22.3 Å². The molecule has 3 N–H and O–H groups in total. The number of hydrogen-bond donors (Lipinski definition) is 3. The third kappa shape index (κ3) is 9.20. The van der Waals surface area contributed by atoms with Crippen molar-refractivity contribution in [3.8, 4) is 5.75 Å². The molecule has 2 atom stereocenters. The van der Waals surface area contributed by atoms with Gasteiger partial charge >= 0.3 is 0 Å². The SMILES string of the molecule is CC(O)COCCOc1ccc(CCO)c(CCOCC(C)O)c1. The van der Waals surface area contributed by atoms with E-state index >= 15 is 0 Å². The zero-order chi connectivity index (χ0) is 17.8. The lowest BCUT2D eigenvalue weighted by Crippen LogP contribution is -2.15. The molecule has 1 aromatic carbocycles. The predicted molar refractivity (Wildman–Crippen MR) is 91.4 cm³/mol. The largest absolute Gasteiger partial charge is 0.491 e. The molecule has 0 aliphatic rings. The number of hydrogen-bond acceptors (Lipinski definition) is 6. The quantitative estimate of drug-likeness (QED) is 0.462. The number of ether oxygens (including phenoxy) is 3. The fraction of sp³-hybridized carbons (Fsp3) is 0.667. The molecule has 0 fully saturated rings. The standard InChI is InChI=1S/C18H30O6/c1-14(20)12-22-8-6-17-11-18(4-3-16(17)5-7-19)24-10-9-23-13-15(2)21/h3-4,11,14-15,19-21H,5-10,12-13H2,1-2H3. The molecule has 1 aromatic rings. The molecular weight excluding hydrogens is 312 g/mol. The lowest BCUT2D eigenvalue weighted by atomic mass is 10.0. The minimum absolute atomic E-state index is 0.0922. The summed E-state index contributed by atoms with van der Waals surface area (Å²) in [6.07, 6.45) is 0.329. The van der Waals surface area contributed by atoms with Crippen molar-refractivity contribution in [1.29, 1.82) is 0 Å². The van der Waals surface area contributed by atoms with Crippen molar-refractivity contribution in [3.05, 3.63) is 29.3 Å². The second-order valence-corrected chi connectivity index (χ2v) is 5.85. The molecule has 0 saturated heterocycles. The minimum atomic E-state index is -0.476. The maximum absolute atomic E-state index is 9.20. The summed E-state index contributed by atoms with van der Waals surface area (Å²) in [5.74, 6) is 0.739. The van der Waals surface area contributed by atoms with E-state index in [2.05, 4.69) is 0 Å². The molecule has 2 unspecified atom stereocenters. The second-order valence-electron chi connectivity index (χ2n) is 5.85. The van der Waals surface area contributed by atoms with Crippen LogP contribution in [0.25, 0.3) is 0 Å². The average molecular weight is 342 g/mol. The number of aliphatic hydroxyl groups is 3. The van der Waals surface area contributed by atoms with E-state index in [0.29, 0.717) is 45.9 Å². The molecule has 0 radical (unpaired) electrons. The van der Waals surface area contributed by atoms with Crippen molar-refractivity contribution in [2.45, 2.75) is 38.9 Å². The van der Waals surface area contributed by atoms with Crippen molar-refractivity contribution in [1.82, 2.24) is 0 Å². The first-order chi connectivity index (χ1) is 11.5. The molecule has 0 aliphatic heterocycles. The number of rotatable bonds is 13. The number of benzene rings is 1. The van der Waals surface area contributed by atoms with Crippen LogP contribution in [-0.4, -0.2) is 67.2 Å². The molecule has 0 aromatic heterocycles. The molecule has 6 heteroatoms. The summed E-state index contributed by atoms with van der Waals surface area (Å²) in [4.78, 5) is 0. The first kappa shape index (κ1) is 20.9. The van der Waals surface area contributed by atoms with Gasteiger partial charge in [-0.25, -0.2) is 0 Å². The Morgan fingerprint density at radius 2 is 1.54 bits per heavy atom. The fourth-order valence-corrected chi connectivity index (χ4v) is 2.20. The number of aliphatic hydroxyl groups excluding tert-OH is 3. The highest BCUT2D eigenvalue weighted by atomic mass is 16.5. The van der Waals surface area contributed by atoms with Crippen LogP contribution < -0.4 is 4.74 Å². The lowest BCUT2D eigenvalue weighted by Gasteiger charge is -2.13. The molecule has 24 heavy (non-hydrogen) atoms. The smallest absolute Gasteiger partial charge is 0.119 e. The Kier molecular flexibility index (Phi) is 10.6. The van der Waals surface area contributed by atoms with Gasteiger partial charge in [-0.1, -0.05) is 6.07 Å². The van der Waals surface area contributed by atoms with Crippen molar-refractivity contribution in [2.24, 2.45) is 0 Å². The minimum Gasteiger partial charge on any atom is -0.491 e. The van der Waals surface area contributed by atoms with E-state index in [0.717, 1.165) is 16.9 Å². The highest BCUT2D eigenvalue weighted by Crippen LogP contribution is 2.19. The van der Waals surface area contributed by atoms with Gasteiger partial charge in [-0.2, -0.15) is 0 Å². The van der Waals surface area contributed by atoms with E-state index in [4.69, 9.17) is 19.3 Å². The van der Waals surface area contributed by atoms with Crippen molar-refractivity contribution < 1.29 is 29.5 Å². The summed E-state index contributed by atoms with van der Waals surface area (Å²) < 4.78 is 16.3. The fourth-order valence-electron chi connectivity index (χ4n) is 2.20. The van der Waals surface area contributed by atoms with Crippen LogP contribution in [0.3, 0.4) is 0 Å². The maximum atomic E-state index is 9.20. The normalized spacial score (nSPS) is 13.7. The highest BCUT2D eigenvalue weighted by Gasteiger charge is 2.06. The van der Waals surface area contributed by atoms with Gasteiger partial charge in [-0.15, -0.1) is 0 Å². The van der Waals surface area contributed by atoms with E-state index < -0.39 is 12.2 Å². The van der Waals surface area contributed by atoms with E-state index in [1.165, 1.54) is 0 Å². The molecule has 0 saturated carbocycles.